The van der Waals surface area contributed by atoms with Crippen LogP contribution in [0.2, 0.25) is 0 Å². The SMILES string of the molecule is CC(=O)OC[C@H]1O[C@@H](OCC2=CO[C@@H](OC(=O)CC(C)C)C3C2C[C@H](O)[C@H]3CO)[C@H](O)[C@H](O)[C@@H]1O. The molecule has 2 heterocycles. The molecule has 1 saturated carbocycles. The Labute approximate surface area is 203 Å². The molecular weight excluding hydrogens is 468 g/mol. The largest absolute Gasteiger partial charge is 0.463 e. The molecule has 12 nitrogen and oxygen atoms in total. The molecule has 0 amide bonds. The number of aliphatic hydroxyl groups excluding tert-OH is 5. The van der Waals surface area contributed by atoms with Gasteiger partial charge < -0.3 is 49.2 Å². The number of carbonyl (C=O) groups excluding carboxylic acids is 2. The van der Waals surface area contributed by atoms with E-state index in [4.69, 9.17) is 23.7 Å². The summed E-state index contributed by atoms with van der Waals surface area (Å²) < 4.78 is 27.2. The Morgan fingerprint density at radius 3 is 2.46 bits per heavy atom. The lowest BCUT2D eigenvalue weighted by Crippen LogP contribution is -2.59. The number of ether oxygens (including phenoxy) is 5. The van der Waals surface area contributed by atoms with Gasteiger partial charge in [-0.05, 0) is 23.8 Å². The second-order valence-corrected chi connectivity index (χ2v) is 9.75. The standard InChI is InChI=1S/C23H36O12/c1-10(2)4-17(27)35-22-18-13(5-15(26)14(18)6-24)12(7-32-22)8-33-23-21(30)20(29)19(28)16(34-23)9-31-11(3)25/h7,10,13-16,18-24,26,28-30H,4-6,8-9H2,1-3H3/t13?,14-,15+,16-,18?,19-,20-,21-,22+,23-/m1/s1. The zero-order valence-electron chi connectivity index (χ0n) is 20.1. The first-order valence-corrected chi connectivity index (χ1v) is 11.8. The molecule has 5 N–H and O–H groups in total. The maximum absolute atomic E-state index is 12.2. The Morgan fingerprint density at radius 2 is 1.83 bits per heavy atom. The number of esters is 2. The molecule has 0 aromatic heterocycles. The normalized spacial score (nSPS) is 38.9. The maximum Gasteiger partial charge on any atom is 0.309 e. The Kier molecular flexibility index (Phi) is 9.49. The minimum absolute atomic E-state index is 0.0876. The molecule has 3 aliphatic rings. The summed E-state index contributed by atoms with van der Waals surface area (Å²) in [6.45, 7) is 4.14. The number of hydrogen-bond donors (Lipinski definition) is 5. The summed E-state index contributed by atoms with van der Waals surface area (Å²) in [5.74, 6) is -2.40. The number of rotatable bonds is 9. The van der Waals surface area contributed by atoms with Gasteiger partial charge in [-0.2, -0.15) is 0 Å². The Morgan fingerprint density at radius 1 is 1.11 bits per heavy atom. The minimum Gasteiger partial charge on any atom is -0.463 e. The highest BCUT2D eigenvalue weighted by Crippen LogP contribution is 2.47. The lowest BCUT2D eigenvalue weighted by Gasteiger charge is -2.40. The molecule has 200 valence electrons. The van der Waals surface area contributed by atoms with E-state index in [0.29, 0.717) is 5.57 Å². The number of carbonyl (C=O) groups is 2. The van der Waals surface area contributed by atoms with E-state index in [-0.39, 0.29) is 44.5 Å². The second-order valence-electron chi connectivity index (χ2n) is 9.75. The summed E-state index contributed by atoms with van der Waals surface area (Å²) >= 11 is 0. The van der Waals surface area contributed by atoms with E-state index in [1.54, 1.807) is 0 Å². The van der Waals surface area contributed by atoms with Crippen LogP contribution in [0.4, 0.5) is 0 Å². The summed E-state index contributed by atoms with van der Waals surface area (Å²) in [7, 11) is 0. The molecule has 10 atom stereocenters. The summed E-state index contributed by atoms with van der Waals surface area (Å²) in [6.07, 6.45) is -7.14. The third kappa shape index (κ3) is 6.50. The van der Waals surface area contributed by atoms with Crippen molar-refractivity contribution in [2.45, 2.75) is 76.7 Å². The van der Waals surface area contributed by atoms with Crippen LogP contribution in [0.3, 0.4) is 0 Å². The van der Waals surface area contributed by atoms with Gasteiger partial charge in [0, 0.05) is 31.8 Å². The summed E-state index contributed by atoms with van der Waals surface area (Å²) in [5.41, 5.74) is 0.578. The first-order valence-electron chi connectivity index (χ1n) is 11.8. The van der Waals surface area contributed by atoms with Gasteiger partial charge in [0.25, 0.3) is 0 Å². The fourth-order valence-corrected chi connectivity index (χ4v) is 4.84. The van der Waals surface area contributed by atoms with Crippen LogP contribution in [0.25, 0.3) is 0 Å². The fourth-order valence-electron chi connectivity index (χ4n) is 4.84. The summed E-state index contributed by atoms with van der Waals surface area (Å²) in [5, 5.41) is 51.0. The Bertz CT molecular complexity index is 770. The molecule has 0 spiro atoms. The van der Waals surface area contributed by atoms with Gasteiger partial charge in [0.15, 0.2) is 6.29 Å². The molecule has 2 fully saturated rings. The predicted octanol–water partition coefficient (Wildman–Crippen LogP) is -1.19. The number of hydrogen-bond acceptors (Lipinski definition) is 12. The van der Waals surface area contributed by atoms with E-state index in [1.165, 1.54) is 13.2 Å². The molecule has 3 rings (SSSR count). The van der Waals surface area contributed by atoms with Crippen molar-refractivity contribution in [1.29, 1.82) is 0 Å². The highest BCUT2D eigenvalue weighted by Gasteiger charge is 2.52. The molecule has 0 aromatic rings. The minimum atomic E-state index is -1.60. The highest BCUT2D eigenvalue weighted by molar-refractivity contribution is 5.69. The van der Waals surface area contributed by atoms with E-state index in [1.807, 2.05) is 13.8 Å². The predicted molar refractivity (Wildman–Crippen MR) is 116 cm³/mol. The van der Waals surface area contributed by atoms with E-state index in [0.717, 1.165) is 0 Å². The van der Waals surface area contributed by atoms with Crippen molar-refractivity contribution in [3.05, 3.63) is 11.8 Å². The molecule has 0 bridgehead atoms. The molecule has 2 unspecified atom stereocenters. The first-order chi connectivity index (χ1) is 16.5. The third-order valence-electron chi connectivity index (χ3n) is 6.66. The van der Waals surface area contributed by atoms with Gasteiger partial charge in [-0.3, -0.25) is 9.59 Å². The third-order valence-corrected chi connectivity index (χ3v) is 6.66. The van der Waals surface area contributed by atoms with Crippen molar-refractivity contribution in [3.8, 4) is 0 Å². The van der Waals surface area contributed by atoms with Gasteiger partial charge in [0.1, 0.15) is 31.0 Å². The summed E-state index contributed by atoms with van der Waals surface area (Å²) in [4.78, 5) is 23.3. The van der Waals surface area contributed by atoms with Crippen molar-refractivity contribution in [1.82, 2.24) is 0 Å². The van der Waals surface area contributed by atoms with Gasteiger partial charge in [-0.25, -0.2) is 0 Å². The fraction of sp³-hybridized carbons (Fsp3) is 0.826. The van der Waals surface area contributed by atoms with Gasteiger partial charge >= 0.3 is 11.9 Å². The lowest BCUT2D eigenvalue weighted by molar-refractivity contribution is -0.300. The van der Waals surface area contributed by atoms with Crippen molar-refractivity contribution in [3.63, 3.8) is 0 Å². The van der Waals surface area contributed by atoms with Crippen molar-refractivity contribution in [2.24, 2.45) is 23.7 Å². The zero-order valence-corrected chi connectivity index (χ0v) is 20.1. The van der Waals surface area contributed by atoms with Crippen LogP contribution < -0.4 is 0 Å². The van der Waals surface area contributed by atoms with E-state index in [9.17, 15) is 35.1 Å². The smallest absolute Gasteiger partial charge is 0.309 e. The molecule has 0 radical (unpaired) electrons. The Hall–Kier alpha value is -1.80. The average molecular weight is 505 g/mol. The lowest BCUT2D eigenvalue weighted by atomic mass is 9.83. The monoisotopic (exact) mass is 504 g/mol. The van der Waals surface area contributed by atoms with Crippen LogP contribution in [0, 0.1) is 23.7 Å². The van der Waals surface area contributed by atoms with Crippen LogP contribution in [-0.4, -0.2) is 100 Å². The van der Waals surface area contributed by atoms with Gasteiger partial charge in [0.05, 0.1) is 19.0 Å². The number of fused-ring (bicyclic) bond motifs is 1. The molecule has 0 aromatic carbocycles. The van der Waals surface area contributed by atoms with Gasteiger partial charge in [-0.15, -0.1) is 0 Å². The molecule has 1 aliphatic carbocycles. The first kappa shape index (κ1) is 27.8. The van der Waals surface area contributed by atoms with Crippen LogP contribution in [-0.2, 0) is 33.3 Å². The van der Waals surface area contributed by atoms with Crippen molar-refractivity contribution < 1.29 is 58.8 Å². The molecule has 2 aliphatic heterocycles. The quantitative estimate of drug-likeness (QED) is 0.237. The van der Waals surface area contributed by atoms with Gasteiger partial charge in [-0.1, -0.05) is 13.8 Å². The van der Waals surface area contributed by atoms with Crippen LogP contribution in [0.1, 0.15) is 33.6 Å². The van der Waals surface area contributed by atoms with Crippen LogP contribution >= 0.6 is 0 Å². The zero-order chi connectivity index (χ0) is 25.9. The molecule has 35 heavy (non-hydrogen) atoms. The van der Waals surface area contributed by atoms with Gasteiger partial charge in [0.2, 0.25) is 6.29 Å². The van der Waals surface area contributed by atoms with Crippen LogP contribution in [0.15, 0.2) is 11.8 Å². The van der Waals surface area contributed by atoms with E-state index >= 15 is 0 Å². The molecule has 12 heteroatoms. The maximum atomic E-state index is 12.2. The molecule has 1 saturated heterocycles. The number of aliphatic hydroxyl groups is 5. The molecular formula is C23H36O12. The van der Waals surface area contributed by atoms with Crippen molar-refractivity contribution in [2.75, 3.05) is 19.8 Å². The topological polar surface area (TPSA) is 181 Å². The summed E-state index contributed by atoms with van der Waals surface area (Å²) in [6, 6.07) is 0. The van der Waals surface area contributed by atoms with E-state index in [2.05, 4.69) is 0 Å². The average Bonchev–Trinajstić information content (AvgIpc) is 3.13. The second kappa shape index (κ2) is 12.0. The Balaban J connectivity index is 1.69. The van der Waals surface area contributed by atoms with E-state index < -0.39 is 66.9 Å². The highest BCUT2D eigenvalue weighted by atomic mass is 16.7. The van der Waals surface area contributed by atoms with Crippen LogP contribution in [0.5, 0.6) is 0 Å². The van der Waals surface area contributed by atoms with Crippen molar-refractivity contribution >= 4 is 11.9 Å².